The van der Waals surface area contributed by atoms with Gasteiger partial charge >= 0.3 is 0 Å². The molecule has 7 aromatic carbocycles. The summed E-state index contributed by atoms with van der Waals surface area (Å²) in [6.07, 6.45) is 0. The SMILES string of the molecule is c1ccc(-c2nc(-c3ccc(-c4ccc5c(c4)nc(-c4ccccc4)c4c(-c6ccccc6)c(-c6ccccc6)sc45)cc3)c3ccccc3n2)cc1. The van der Waals surface area contributed by atoms with Crippen molar-refractivity contribution in [3.05, 3.63) is 188 Å². The number of aromatic nitrogens is 3. The minimum absolute atomic E-state index is 0.726. The maximum absolute atomic E-state index is 5.48. The Hall–Kier alpha value is -6.75. The number of rotatable bonds is 6. The summed E-state index contributed by atoms with van der Waals surface area (Å²) in [5, 5.41) is 3.39. The van der Waals surface area contributed by atoms with E-state index in [1.807, 2.05) is 41.7 Å². The van der Waals surface area contributed by atoms with E-state index in [2.05, 4.69) is 158 Å². The van der Waals surface area contributed by atoms with E-state index in [1.165, 1.54) is 31.7 Å². The quantitative estimate of drug-likeness (QED) is 0.174. The van der Waals surface area contributed by atoms with Crippen molar-refractivity contribution in [2.24, 2.45) is 0 Å². The molecule has 53 heavy (non-hydrogen) atoms. The number of benzene rings is 7. The number of thiophene rings is 1. The summed E-state index contributed by atoms with van der Waals surface area (Å²) in [7, 11) is 0. The number of hydrogen-bond donors (Lipinski definition) is 0. The predicted octanol–water partition coefficient (Wildman–Crippen LogP) is 13.4. The predicted molar refractivity (Wildman–Crippen MR) is 223 cm³/mol. The average molecular weight is 694 g/mol. The normalized spacial score (nSPS) is 11.4. The van der Waals surface area contributed by atoms with E-state index >= 15 is 0 Å². The lowest BCUT2D eigenvalue weighted by Gasteiger charge is -2.12. The van der Waals surface area contributed by atoms with Crippen LogP contribution in [-0.4, -0.2) is 15.0 Å². The third-order valence-electron chi connectivity index (χ3n) is 9.89. The first-order valence-electron chi connectivity index (χ1n) is 17.8. The van der Waals surface area contributed by atoms with Gasteiger partial charge in [-0.05, 0) is 34.4 Å². The van der Waals surface area contributed by atoms with Crippen molar-refractivity contribution < 1.29 is 0 Å². The van der Waals surface area contributed by atoms with Gasteiger partial charge in [0, 0.05) is 48.0 Å². The van der Waals surface area contributed by atoms with Gasteiger partial charge in [0.1, 0.15) is 0 Å². The molecule has 0 unspecified atom stereocenters. The van der Waals surface area contributed by atoms with Crippen LogP contribution in [0.25, 0.3) is 98.5 Å². The molecule has 0 bridgehead atoms. The zero-order valence-corrected chi connectivity index (χ0v) is 29.5. The second-order valence-electron chi connectivity index (χ2n) is 13.2. The smallest absolute Gasteiger partial charge is 0.160 e. The summed E-state index contributed by atoms with van der Waals surface area (Å²) in [6.45, 7) is 0. The van der Waals surface area contributed by atoms with Gasteiger partial charge in [0.2, 0.25) is 0 Å². The molecule has 0 saturated heterocycles. The van der Waals surface area contributed by atoms with Gasteiger partial charge in [-0.25, -0.2) is 15.0 Å². The van der Waals surface area contributed by atoms with Gasteiger partial charge < -0.3 is 0 Å². The van der Waals surface area contributed by atoms with E-state index < -0.39 is 0 Å². The molecule has 3 heterocycles. The minimum Gasteiger partial charge on any atom is -0.247 e. The molecule has 3 aromatic heterocycles. The lowest BCUT2D eigenvalue weighted by molar-refractivity contribution is 1.23. The zero-order valence-electron chi connectivity index (χ0n) is 28.6. The Labute approximate surface area is 311 Å². The number of pyridine rings is 1. The van der Waals surface area contributed by atoms with Crippen molar-refractivity contribution in [1.29, 1.82) is 0 Å². The summed E-state index contributed by atoms with van der Waals surface area (Å²) >= 11 is 1.86. The number of para-hydroxylation sites is 1. The Bertz CT molecular complexity index is 2900. The molecule has 10 rings (SSSR count). The van der Waals surface area contributed by atoms with Crippen LogP contribution in [0, 0.1) is 0 Å². The number of hydrogen-bond acceptors (Lipinski definition) is 4. The second kappa shape index (κ2) is 13.1. The largest absolute Gasteiger partial charge is 0.247 e. The third-order valence-corrected chi connectivity index (χ3v) is 11.2. The fraction of sp³-hybridized carbons (Fsp3) is 0. The molecule has 0 amide bonds. The Kier molecular flexibility index (Phi) is 7.67. The summed E-state index contributed by atoms with van der Waals surface area (Å²) in [5.41, 5.74) is 12.9. The Balaban J connectivity index is 1.13. The van der Waals surface area contributed by atoms with Crippen LogP contribution in [0.5, 0.6) is 0 Å². The van der Waals surface area contributed by atoms with Crippen LogP contribution in [0.1, 0.15) is 0 Å². The van der Waals surface area contributed by atoms with Crippen molar-refractivity contribution in [2.75, 3.05) is 0 Å². The van der Waals surface area contributed by atoms with E-state index in [0.717, 1.165) is 66.8 Å². The summed E-state index contributed by atoms with van der Waals surface area (Å²) in [6, 6.07) is 66.0. The third kappa shape index (κ3) is 5.57. The summed E-state index contributed by atoms with van der Waals surface area (Å²) < 4.78 is 1.25. The average Bonchev–Trinajstić information content (AvgIpc) is 3.65. The lowest BCUT2D eigenvalue weighted by Crippen LogP contribution is -1.95. The van der Waals surface area contributed by atoms with E-state index in [0.29, 0.717) is 0 Å². The molecule has 0 N–H and O–H groups in total. The molecule has 0 saturated carbocycles. The van der Waals surface area contributed by atoms with Crippen LogP contribution < -0.4 is 0 Å². The van der Waals surface area contributed by atoms with E-state index in [4.69, 9.17) is 15.0 Å². The number of nitrogens with zero attached hydrogens (tertiary/aromatic N) is 3. The fourth-order valence-corrected chi connectivity index (χ4v) is 8.69. The number of fused-ring (bicyclic) bond motifs is 4. The first-order chi connectivity index (χ1) is 26.3. The molecule has 0 atom stereocenters. The minimum atomic E-state index is 0.726. The van der Waals surface area contributed by atoms with Crippen LogP contribution in [0.3, 0.4) is 0 Å². The Morgan fingerprint density at radius 2 is 0.887 bits per heavy atom. The molecule has 10 aromatic rings. The zero-order chi connectivity index (χ0) is 35.1. The van der Waals surface area contributed by atoms with Gasteiger partial charge in [-0.2, -0.15) is 0 Å². The molecular formula is C49H31N3S. The van der Waals surface area contributed by atoms with Crippen LogP contribution >= 0.6 is 11.3 Å². The standard InChI is InChI=1S/C49H31N3S/c1-5-15-33(16-6-1)43-44-46(34-17-7-2-8-18-34)50-42-31-38(29-30-40(42)48(44)53-47(43)36-19-9-3-10-20-36)32-25-27-35(28-26-32)45-39-23-13-14-24-41(39)51-49(52-45)37-21-11-4-12-22-37/h1-31H. The highest BCUT2D eigenvalue weighted by molar-refractivity contribution is 7.24. The molecule has 0 aliphatic rings. The second-order valence-corrected chi connectivity index (χ2v) is 14.2. The maximum Gasteiger partial charge on any atom is 0.160 e. The molecule has 3 nitrogen and oxygen atoms in total. The highest BCUT2D eigenvalue weighted by Gasteiger charge is 2.23. The molecule has 0 aliphatic carbocycles. The van der Waals surface area contributed by atoms with Crippen LogP contribution in [-0.2, 0) is 0 Å². The van der Waals surface area contributed by atoms with Gasteiger partial charge in [0.05, 0.1) is 22.4 Å². The molecule has 4 heteroatoms. The van der Waals surface area contributed by atoms with Gasteiger partial charge in [0.25, 0.3) is 0 Å². The van der Waals surface area contributed by atoms with Crippen LogP contribution in [0.4, 0.5) is 0 Å². The molecule has 248 valence electrons. The topological polar surface area (TPSA) is 38.7 Å². The Morgan fingerprint density at radius 1 is 0.340 bits per heavy atom. The summed E-state index contributed by atoms with van der Waals surface area (Å²) in [5.74, 6) is 0.726. The van der Waals surface area contributed by atoms with E-state index in [-0.39, 0.29) is 0 Å². The highest BCUT2D eigenvalue weighted by atomic mass is 32.1. The van der Waals surface area contributed by atoms with E-state index in [9.17, 15) is 0 Å². The van der Waals surface area contributed by atoms with Gasteiger partial charge in [-0.1, -0.05) is 176 Å². The first kappa shape index (κ1) is 31.0. The lowest BCUT2D eigenvalue weighted by atomic mass is 9.94. The van der Waals surface area contributed by atoms with Crippen LogP contribution in [0.15, 0.2) is 188 Å². The van der Waals surface area contributed by atoms with Crippen molar-refractivity contribution in [3.8, 4) is 66.6 Å². The van der Waals surface area contributed by atoms with Crippen molar-refractivity contribution >= 4 is 43.2 Å². The fourth-order valence-electron chi connectivity index (χ4n) is 7.33. The van der Waals surface area contributed by atoms with Crippen molar-refractivity contribution in [1.82, 2.24) is 15.0 Å². The van der Waals surface area contributed by atoms with Crippen LogP contribution in [0.2, 0.25) is 0 Å². The first-order valence-corrected chi connectivity index (χ1v) is 18.6. The van der Waals surface area contributed by atoms with E-state index in [1.54, 1.807) is 0 Å². The molecule has 0 aliphatic heterocycles. The van der Waals surface area contributed by atoms with Gasteiger partial charge in [-0.3, -0.25) is 0 Å². The molecule has 0 radical (unpaired) electrons. The maximum atomic E-state index is 5.48. The monoisotopic (exact) mass is 693 g/mol. The Morgan fingerprint density at radius 3 is 1.58 bits per heavy atom. The van der Waals surface area contributed by atoms with Gasteiger partial charge in [0.15, 0.2) is 5.82 Å². The van der Waals surface area contributed by atoms with Crippen molar-refractivity contribution in [3.63, 3.8) is 0 Å². The van der Waals surface area contributed by atoms with Gasteiger partial charge in [-0.15, -0.1) is 11.3 Å². The van der Waals surface area contributed by atoms with Crippen molar-refractivity contribution in [2.45, 2.75) is 0 Å². The summed E-state index contributed by atoms with van der Waals surface area (Å²) in [4.78, 5) is 16.7. The molecular weight excluding hydrogens is 663 g/mol. The molecule has 0 fully saturated rings. The highest BCUT2D eigenvalue weighted by Crippen LogP contribution is 2.50. The molecule has 0 spiro atoms.